The van der Waals surface area contributed by atoms with E-state index in [0.717, 1.165) is 23.3 Å². The van der Waals surface area contributed by atoms with Gasteiger partial charge >= 0.3 is 5.97 Å². The molecule has 0 heterocycles. The predicted octanol–water partition coefficient (Wildman–Crippen LogP) is 4.61. The van der Waals surface area contributed by atoms with Crippen LogP contribution in [0.5, 0.6) is 5.75 Å². The van der Waals surface area contributed by atoms with Crippen LogP contribution in [0.4, 0.5) is 0 Å². The highest BCUT2D eigenvalue weighted by Gasteiger charge is 2.21. The van der Waals surface area contributed by atoms with Crippen molar-refractivity contribution in [2.75, 3.05) is 6.79 Å². The highest BCUT2D eigenvalue weighted by atomic mass is 35.5. The minimum atomic E-state index is -0.603. The quantitative estimate of drug-likeness (QED) is 0.545. The van der Waals surface area contributed by atoms with Gasteiger partial charge in [-0.1, -0.05) is 66.2 Å². The number of benzene rings is 1. The minimum absolute atomic E-state index is 0. The Bertz CT molecular complexity index is 491. The zero-order chi connectivity index (χ0) is 17.6. The van der Waals surface area contributed by atoms with E-state index in [1.807, 2.05) is 19.9 Å². The van der Waals surface area contributed by atoms with Gasteiger partial charge in [0.2, 0.25) is 6.79 Å². The van der Waals surface area contributed by atoms with Crippen LogP contribution in [-0.2, 0) is 9.53 Å². The number of hydrogen-bond donors (Lipinski definition) is 1. The molecule has 1 aromatic carbocycles. The number of carbonyl (C=O) groups is 1. The first kappa shape index (κ1) is 22.7. The van der Waals surface area contributed by atoms with Gasteiger partial charge in [-0.05, 0) is 28.9 Å². The van der Waals surface area contributed by atoms with Crippen LogP contribution in [0.1, 0.15) is 70.9 Å². The number of carbonyl (C=O) groups excluding carboxylic acids is 1. The molecule has 0 aliphatic rings. The van der Waals surface area contributed by atoms with Crippen molar-refractivity contribution < 1.29 is 14.3 Å². The van der Waals surface area contributed by atoms with E-state index in [4.69, 9.17) is 15.2 Å². The Hall–Kier alpha value is -1.26. The molecule has 0 bridgehead atoms. The Morgan fingerprint density at radius 2 is 1.58 bits per heavy atom. The van der Waals surface area contributed by atoms with Gasteiger partial charge in [0.15, 0.2) is 0 Å². The van der Waals surface area contributed by atoms with Gasteiger partial charge in [0.1, 0.15) is 11.8 Å². The van der Waals surface area contributed by atoms with Gasteiger partial charge in [-0.15, -0.1) is 12.4 Å². The lowest BCUT2D eigenvalue weighted by atomic mass is 9.94. The molecular weight excluding hydrogens is 326 g/mol. The molecule has 24 heavy (non-hydrogen) atoms. The summed E-state index contributed by atoms with van der Waals surface area (Å²) in [5.41, 5.74) is 8.12. The molecule has 0 aliphatic carbocycles. The van der Waals surface area contributed by atoms with Crippen LogP contribution in [0.25, 0.3) is 0 Å². The molecule has 2 atom stereocenters. The molecule has 0 aromatic heterocycles. The maximum absolute atomic E-state index is 11.9. The summed E-state index contributed by atoms with van der Waals surface area (Å²) in [6, 6.07) is 5.55. The summed E-state index contributed by atoms with van der Waals surface area (Å²) in [5, 5.41) is 0. The van der Waals surface area contributed by atoms with Crippen LogP contribution in [-0.4, -0.2) is 18.8 Å². The Morgan fingerprint density at radius 3 is 2.00 bits per heavy atom. The number of hydrogen-bond acceptors (Lipinski definition) is 4. The first-order valence-electron chi connectivity index (χ1n) is 8.47. The molecule has 0 aliphatic heterocycles. The lowest BCUT2D eigenvalue weighted by Gasteiger charge is -2.21. The Kier molecular flexibility index (Phi) is 10.0. The number of nitrogens with two attached hydrogens (primary N) is 1. The minimum Gasteiger partial charge on any atom is -0.457 e. The molecular formula is C19H32ClNO3. The summed E-state index contributed by atoms with van der Waals surface area (Å²) < 4.78 is 11.0. The first-order chi connectivity index (χ1) is 10.8. The first-order valence-corrected chi connectivity index (χ1v) is 8.47. The second kappa shape index (κ2) is 10.6. The van der Waals surface area contributed by atoms with E-state index in [-0.39, 0.29) is 25.1 Å². The van der Waals surface area contributed by atoms with Crippen LogP contribution >= 0.6 is 12.4 Å². The third kappa shape index (κ3) is 5.99. The van der Waals surface area contributed by atoms with Gasteiger partial charge in [-0.25, -0.2) is 0 Å². The van der Waals surface area contributed by atoms with Gasteiger partial charge in [-0.3, -0.25) is 4.79 Å². The third-order valence-corrected chi connectivity index (χ3v) is 4.25. The molecule has 2 N–H and O–H groups in total. The average Bonchev–Trinajstić information content (AvgIpc) is 2.52. The maximum atomic E-state index is 11.9. The molecule has 0 saturated carbocycles. The fourth-order valence-corrected chi connectivity index (χ4v) is 2.38. The van der Waals surface area contributed by atoms with Crippen LogP contribution in [0.3, 0.4) is 0 Å². The van der Waals surface area contributed by atoms with Gasteiger partial charge in [0.05, 0.1) is 0 Å². The van der Waals surface area contributed by atoms with Crippen LogP contribution in [0.2, 0.25) is 0 Å². The van der Waals surface area contributed by atoms with Crippen LogP contribution < -0.4 is 10.5 Å². The van der Waals surface area contributed by atoms with Crippen molar-refractivity contribution in [2.24, 2.45) is 11.7 Å². The van der Waals surface area contributed by atoms with Gasteiger partial charge in [-0.2, -0.15) is 0 Å². The Labute approximate surface area is 152 Å². The molecule has 0 saturated heterocycles. The number of ether oxygens (including phenoxy) is 2. The van der Waals surface area contributed by atoms with E-state index >= 15 is 0 Å². The smallest absolute Gasteiger partial charge is 0.326 e. The summed E-state index contributed by atoms with van der Waals surface area (Å²) in [4.78, 5) is 11.9. The van der Waals surface area contributed by atoms with Crippen molar-refractivity contribution in [3.63, 3.8) is 0 Å². The molecule has 5 heteroatoms. The molecule has 0 radical (unpaired) electrons. The normalized spacial score (nSPS) is 13.4. The molecule has 1 rings (SSSR count). The van der Waals surface area contributed by atoms with Crippen molar-refractivity contribution in [2.45, 2.75) is 65.8 Å². The standard InChI is InChI=1S/C19H31NO3.ClH/c1-7-14(6)17(20)19(21)23-11-22-18-15(12(2)3)9-8-10-16(18)13(4)5;/h8-10,12-14,17H,7,11,20H2,1-6H3;1H/t14-,17-;/m0./s1. The van der Waals surface area contributed by atoms with E-state index < -0.39 is 12.0 Å². The van der Waals surface area contributed by atoms with Gasteiger partial charge in [0.25, 0.3) is 0 Å². The van der Waals surface area contributed by atoms with Crippen LogP contribution in [0, 0.1) is 5.92 Å². The molecule has 0 unspecified atom stereocenters. The monoisotopic (exact) mass is 357 g/mol. The highest BCUT2D eigenvalue weighted by Crippen LogP contribution is 2.34. The van der Waals surface area contributed by atoms with Crippen molar-refractivity contribution in [1.82, 2.24) is 0 Å². The maximum Gasteiger partial charge on any atom is 0.326 e. The second-order valence-electron chi connectivity index (χ2n) is 6.71. The van der Waals surface area contributed by atoms with Crippen LogP contribution in [0.15, 0.2) is 18.2 Å². The third-order valence-electron chi connectivity index (χ3n) is 4.25. The zero-order valence-corrected chi connectivity index (χ0v) is 16.5. The summed E-state index contributed by atoms with van der Waals surface area (Å²) in [5.74, 6) is 1.18. The highest BCUT2D eigenvalue weighted by molar-refractivity contribution is 5.85. The van der Waals surface area contributed by atoms with Crippen molar-refractivity contribution in [3.05, 3.63) is 29.3 Å². The molecule has 0 amide bonds. The Morgan fingerprint density at radius 1 is 1.08 bits per heavy atom. The SMILES string of the molecule is CC[C@H](C)[C@H](N)C(=O)OCOc1c(C(C)C)cccc1C(C)C.Cl. The molecule has 0 spiro atoms. The number of para-hydroxylation sites is 1. The van der Waals surface area contributed by atoms with E-state index in [0.29, 0.717) is 11.8 Å². The summed E-state index contributed by atoms with van der Waals surface area (Å²) in [6.07, 6.45) is 0.838. The summed E-state index contributed by atoms with van der Waals surface area (Å²) in [7, 11) is 0. The fourth-order valence-electron chi connectivity index (χ4n) is 2.38. The average molecular weight is 358 g/mol. The lowest BCUT2D eigenvalue weighted by molar-refractivity contribution is -0.153. The van der Waals surface area contributed by atoms with Crippen molar-refractivity contribution in [1.29, 1.82) is 0 Å². The fraction of sp³-hybridized carbons (Fsp3) is 0.632. The zero-order valence-electron chi connectivity index (χ0n) is 15.7. The number of esters is 1. The summed E-state index contributed by atoms with van der Waals surface area (Å²) >= 11 is 0. The lowest BCUT2D eigenvalue weighted by Crippen LogP contribution is -2.38. The van der Waals surface area contributed by atoms with E-state index in [1.54, 1.807) is 0 Å². The van der Waals surface area contributed by atoms with E-state index in [1.165, 1.54) is 0 Å². The van der Waals surface area contributed by atoms with Crippen molar-refractivity contribution >= 4 is 18.4 Å². The molecule has 4 nitrogen and oxygen atoms in total. The van der Waals surface area contributed by atoms with E-state index in [2.05, 4.69) is 39.8 Å². The molecule has 0 fully saturated rings. The van der Waals surface area contributed by atoms with Gasteiger partial charge < -0.3 is 15.2 Å². The molecule has 138 valence electrons. The number of rotatable bonds is 8. The molecule has 1 aromatic rings. The largest absolute Gasteiger partial charge is 0.457 e. The Balaban J connectivity index is 0.00000529. The van der Waals surface area contributed by atoms with Gasteiger partial charge in [0, 0.05) is 0 Å². The number of halogens is 1. The topological polar surface area (TPSA) is 61.6 Å². The van der Waals surface area contributed by atoms with E-state index in [9.17, 15) is 4.79 Å². The van der Waals surface area contributed by atoms with Crippen molar-refractivity contribution in [3.8, 4) is 5.75 Å². The summed E-state index contributed by atoms with van der Waals surface area (Å²) in [6.45, 7) is 12.3. The second-order valence-corrected chi connectivity index (χ2v) is 6.71. The predicted molar refractivity (Wildman–Crippen MR) is 101 cm³/mol.